The van der Waals surface area contributed by atoms with Crippen LogP contribution in [0.15, 0.2) is 24.3 Å². The molecule has 1 N–H and O–H groups in total. The Hall–Kier alpha value is -1.84. The molecular weight excluding hydrogens is 252 g/mol. The number of nitrogens with one attached hydrogen (secondary N) is 1. The Labute approximate surface area is 118 Å². The molecule has 2 unspecified atom stereocenters. The zero-order valence-electron chi connectivity index (χ0n) is 11.3. The standard InChI is InChI=1S/C16H18N2O2/c19-15-14-8-7-11(9-17-15)18(14)16(20)13-4-2-1-3-12(13)10-5-6-10/h1-4,10-11,14H,5-9H2,(H,17,19). The van der Waals surface area contributed by atoms with E-state index in [9.17, 15) is 9.59 Å². The van der Waals surface area contributed by atoms with Crippen LogP contribution in [0.5, 0.6) is 0 Å². The van der Waals surface area contributed by atoms with Crippen LogP contribution in [0.4, 0.5) is 0 Å². The number of nitrogens with zero attached hydrogens (tertiary/aromatic N) is 1. The topological polar surface area (TPSA) is 49.4 Å². The van der Waals surface area contributed by atoms with E-state index in [0.29, 0.717) is 12.5 Å². The van der Waals surface area contributed by atoms with Gasteiger partial charge >= 0.3 is 0 Å². The third-order valence-electron chi connectivity index (χ3n) is 4.76. The number of carbonyl (C=O) groups excluding carboxylic acids is 2. The second-order valence-corrected chi connectivity index (χ2v) is 6.07. The van der Waals surface area contributed by atoms with E-state index in [-0.39, 0.29) is 23.9 Å². The maximum atomic E-state index is 12.9. The highest BCUT2D eigenvalue weighted by Gasteiger charge is 2.45. The lowest BCUT2D eigenvalue weighted by atomic mass is 10.0. The average Bonchev–Trinajstić information content (AvgIpc) is 3.26. The Morgan fingerprint density at radius 2 is 1.95 bits per heavy atom. The van der Waals surface area contributed by atoms with Crippen molar-refractivity contribution in [3.8, 4) is 0 Å². The van der Waals surface area contributed by atoms with Gasteiger partial charge in [-0.15, -0.1) is 0 Å². The van der Waals surface area contributed by atoms with E-state index in [1.165, 1.54) is 18.4 Å². The quantitative estimate of drug-likeness (QED) is 0.888. The minimum absolute atomic E-state index is 0.0102. The van der Waals surface area contributed by atoms with Crippen molar-refractivity contribution in [1.29, 1.82) is 0 Å². The molecule has 4 rings (SSSR count). The summed E-state index contributed by atoms with van der Waals surface area (Å²) in [7, 11) is 0. The van der Waals surface area contributed by atoms with Crippen LogP contribution in [0.3, 0.4) is 0 Å². The molecule has 0 spiro atoms. The van der Waals surface area contributed by atoms with E-state index < -0.39 is 0 Å². The molecule has 2 heterocycles. The van der Waals surface area contributed by atoms with Crippen molar-refractivity contribution in [3.63, 3.8) is 0 Å². The highest BCUT2D eigenvalue weighted by atomic mass is 16.2. The van der Waals surface area contributed by atoms with E-state index in [1.54, 1.807) is 0 Å². The van der Waals surface area contributed by atoms with Crippen LogP contribution in [0, 0.1) is 0 Å². The molecule has 2 aliphatic heterocycles. The van der Waals surface area contributed by atoms with Crippen molar-refractivity contribution in [3.05, 3.63) is 35.4 Å². The second kappa shape index (κ2) is 4.33. The number of hydrogen-bond acceptors (Lipinski definition) is 2. The Bertz CT molecular complexity index is 580. The first-order valence-electron chi connectivity index (χ1n) is 7.45. The lowest BCUT2D eigenvalue weighted by Crippen LogP contribution is -2.57. The summed E-state index contributed by atoms with van der Waals surface area (Å²) in [5.74, 6) is 0.609. The summed E-state index contributed by atoms with van der Waals surface area (Å²) in [6.07, 6.45) is 4.09. The van der Waals surface area contributed by atoms with Gasteiger partial charge in [0.2, 0.25) is 5.91 Å². The number of benzene rings is 1. The van der Waals surface area contributed by atoms with Gasteiger partial charge in [-0.1, -0.05) is 18.2 Å². The van der Waals surface area contributed by atoms with Crippen molar-refractivity contribution in [1.82, 2.24) is 10.2 Å². The van der Waals surface area contributed by atoms with Gasteiger partial charge in [0.1, 0.15) is 6.04 Å². The van der Waals surface area contributed by atoms with Crippen molar-refractivity contribution >= 4 is 11.8 Å². The van der Waals surface area contributed by atoms with Crippen LogP contribution in [0.25, 0.3) is 0 Å². The Morgan fingerprint density at radius 3 is 2.75 bits per heavy atom. The lowest BCUT2D eigenvalue weighted by Gasteiger charge is -2.34. The number of hydrogen-bond donors (Lipinski definition) is 1. The SMILES string of the molecule is O=C1NCC2CCC1N2C(=O)c1ccccc1C1CC1. The molecule has 2 saturated heterocycles. The molecular formula is C16H18N2O2. The van der Waals surface area contributed by atoms with E-state index in [1.807, 2.05) is 23.1 Å². The van der Waals surface area contributed by atoms with E-state index in [4.69, 9.17) is 0 Å². The molecule has 3 aliphatic rings. The fraction of sp³-hybridized carbons (Fsp3) is 0.500. The summed E-state index contributed by atoms with van der Waals surface area (Å²) in [6, 6.07) is 7.83. The van der Waals surface area contributed by atoms with Crippen LogP contribution in [0.2, 0.25) is 0 Å². The number of fused-ring (bicyclic) bond motifs is 2. The maximum Gasteiger partial charge on any atom is 0.255 e. The molecule has 4 heteroatoms. The van der Waals surface area contributed by atoms with Gasteiger partial charge in [-0.3, -0.25) is 9.59 Å². The monoisotopic (exact) mass is 270 g/mol. The molecule has 1 saturated carbocycles. The molecule has 1 aromatic rings. The van der Waals surface area contributed by atoms with Crippen LogP contribution < -0.4 is 5.32 Å². The zero-order chi connectivity index (χ0) is 13.7. The normalized spacial score (nSPS) is 28.4. The van der Waals surface area contributed by atoms with Crippen LogP contribution >= 0.6 is 0 Å². The Morgan fingerprint density at radius 1 is 1.15 bits per heavy atom. The molecule has 1 aromatic carbocycles. The highest BCUT2D eigenvalue weighted by Crippen LogP contribution is 2.42. The molecule has 0 radical (unpaired) electrons. The molecule has 3 fully saturated rings. The molecule has 4 nitrogen and oxygen atoms in total. The molecule has 104 valence electrons. The third kappa shape index (κ3) is 1.74. The largest absolute Gasteiger partial charge is 0.352 e. The zero-order valence-corrected chi connectivity index (χ0v) is 11.3. The first-order chi connectivity index (χ1) is 9.75. The molecule has 0 aromatic heterocycles. The lowest BCUT2D eigenvalue weighted by molar-refractivity contribution is -0.127. The van der Waals surface area contributed by atoms with Crippen molar-refractivity contribution in [2.24, 2.45) is 0 Å². The fourth-order valence-electron chi connectivity index (χ4n) is 3.57. The summed E-state index contributed by atoms with van der Waals surface area (Å²) in [6.45, 7) is 0.604. The molecule has 2 atom stereocenters. The van der Waals surface area contributed by atoms with Crippen molar-refractivity contribution < 1.29 is 9.59 Å². The van der Waals surface area contributed by atoms with Gasteiger partial charge in [-0.2, -0.15) is 0 Å². The van der Waals surface area contributed by atoms with Gasteiger partial charge in [-0.25, -0.2) is 0 Å². The fourth-order valence-corrected chi connectivity index (χ4v) is 3.57. The average molecular weight is 270 g/mol. The first-order valence-corrected chi connectivity index (χ1v) is 7.45. The van der Waals surface area contributed by atoms with Gasteiger partial charge in [0, 0.05) is 12.1 Å². The predicted molar refractivity (Wildman–Crippen MR) is 74.4 cm³/mol. The van der Waals surface area contributed by atoms with E-state index >= 15 is 0 Å². The van der Waals surface area contributed by atoms with Gasteiger partial charge in [0.25, 0.3) is 5.91 Å². The van der Waals surface area contributed by atoms with Crippen LogP contribution in [-0.2, 0) is 4.79 Å². The summed E-state index contributed by atoms with van der Waals surface area (Å²) >= 11 is 0. The summed E-state index contributed by atoms with van der Waals surface area (Å²) in [5, 5.41) is 2.90. The smallest absolute Gasteiger partial charge is 0.255 e. The number of carbonyl (C=O) groups is 2. The van der Waals surface area contributed by atoms with E-state index in [2.05, 4.69) is 11.4 Å². The molecule has 20 heavy (non-hydrogen) atoms. The maximum absolute atomic E-state index is 12.9. The highest BCUT2D eigenvalue weighted by molar-refractivity contribution is 6.00. The second-order valence-electron chi connectivity index (χ2n) is 6.07. The minimum atomic E-state index is -0.256. The van der Waals surface area contributed by atoms with Crippen molar-refractivity contribution in [2.75, 3.05) is 6.54 Å². The molecule has 1 aliphatic carbocycles. The Kier molecular flexibility index (Phi) is 2.59. The molecule has 2 amide bonds. The summed E-state index contributed by atoms with van der Waals surface area (Å²) in [4.78, 5) is 26.7. The van der Waals surface area contributed by atoms with E-state index in [0.717, 1.165) is 18.4 Å². The first kappa shape index (κ1) is 11.9. The van der Waals surface area contributed by atoms with Gasteiger partial charge in [0.05, 0.1) is 6.04 Å². The van der Waals surface area contributed by atoms with Crippen LogP contribution in [0.1, 0.15) is 47.5 Å². The van der Waals surface area contributed by atoms with Crippen molar-refractivity contribution in [2.45, 2.75) is 43.7 Å². The third-order valence-corrected chi connectivity index (χ3v) is 4.76. The van der Waals surface area contributed by atoms with Gasteiger partial charge < -0.3 is 10.2 Å². The summed E-state index contributed by atoms with van der Waals surface area (Å²) < 4.78 is 0. The van der Waals surface area contributed by atoms with Crippen LogP contribution in [-0.4, -0.2) is 35.3 Å². The van der Waals surface area contributed by atoms with Gasteiger partial charge in [-0.05, 0) is 43.2 Å². The number of piperazine rings is 1. The number of rotatable bonds is 2. The Balaban J connectivity index is 1.69. The van der Waals surface area contributed by atoms with Gasteiger partial charge in [0.15, 0.2) is 0 Å². The molecule has 2 bridgehead atoms. The number of amides is 2. The minimum Gasteiger partial charge on any atom is -0.352 e. The predicted octanol–water partition coefficient (Wildman–Crippen LogP) is 1.67. The summed E-state index contributed by atoms with van der Waals surface area (Å²) in [5.41, 5.74) is 1.98.